The lowest BCUT2D eigenvalue weighted by molar-refractivity contribution is -0.115. The van der Waals surface area contributed by atoms with Crippen LogP contribution >= 0.6 is 23.1 Å². The first-order valence-electron chi connectivity index (χ1n) is 9.84. The number of amides is 1. The van der Waals surface area contributed by atoms with Crippen LogP contribution in [0.5, 0.6) is 0 Å². The number of thioether (sulfide) groups is 1. The highest BCUT2D eigenvalue weighted by Gasteiger charge is 2.16. The number of fused-ring (bicyclic) bond motifs is 3. The third-order valence-electron chi connectivity index (χ3n) is 4.91. The number of thiazole rings is 1. The van der Waals surface area contributed by atoms with Crippen LogP contribution in [0, 0.1) is 0 Å². The van der Waals surface area contributed by atoms with Gasteiger partial charge in [0.05, 0.1) is 23.0 Å². The number of aromatic nitrogens is 5. The molecule has 10 heteroatoms. The van der Waals surface area contributed by atoms with Crippen molar-refractivity contribution in [2.75, 3.05) is 5.32 Å². The maximum absolute atomic E-state index is 12.6. The molecule has 0 atom stereocenters. The number of nitrogens with zero attached hydrogens (tertiary/aromatic N) is 5. The van der Waals surface area contributed by atoms with Crippen LogP contribution in [0.4, 0.5) is 5.69 Å². The number of benzene rings is 2. The Bertz CT molecular complexity index is 1490. The Morgan fingerprint density at radius 1 is 1.09 bits per heavy atom. The van der Waals surface area contributed by atoms with E-state index in [2.05, 4.69) is 20.5 Å². The highest BCUT2D eigenvalue weighted by Crippen LogP contribution is 2.25. The molecule has 0 saturated carbocycles. The summed E-state index contributed by atoms with van der Waals surface area (Å²) >= 11 is 2.95. The van der Waals surface area contributed by atoms with Gasteiger partial charge in [-0.3, -0.25) is 18.6 Å². The van der Waals surface area contributed by atoms with Crippen molar-refractivity contribution < 1.29 is 4.79 Å². The van der Waals surface area contributed by atoms with Crippen molar-refractivity contribution in [3.8, 4) is 0 Å². The number of carbonyl (C=O) groups excluding carboxylic acids is 1. The quantitative estimate of drug-likeness (QED) is 0.388. The van der Waals surface area contributed by atoms with Crippen molar-refractivity contribution in [2.45, 2.75) is 17.3 Å². The summed E-state index contributed by atoms with van der Waals surface area (Å²) in [5, 5.41) is 15.4. The second-order valence-corrected chi connectivity index (χ2v) is 9.00. The highest BCUT2D eigenvalue weighted by molar-refractivity contribution is 7.98. The lowest BCUT2D eigenvalue weighted by atomic mass is 10.2. The Morgan fingerprint density at radius 3 is 2.72 bits per heavy atom. The maximum Gasteiger partial charge on any atom is 0.262 e. The van der Waals surface area contributed by atoms with Gasteiger partial charge in [-0.05, 0) is 24.3 Å². The number of aryl methyl sites for hydroxylation is 1. The lowest BCUT2D eigenvalue weighted by Gasteiger charge is -2.07. The van der Waals surface area contributed by atoms with Gasteiger partial charge < -0.3 is 5.32 Å². The predicted molar refractivity (Wildman–Crippen MR) is 126 cm³/mol. The highest BCUT2D eigenvalue weighted by atomic mass is 32.2. The number of nitrogens with one attached hydrogen (secondary N) is 1. The number of rotatable bonds is 6. The topological polar surface area (TPSA) is 94.2 Å². The molecule has 32 heavy (non-hydrogen) atoms. The Morgan fingerprint density at radius 2 is 1.88 bits per heavy atom. The number of hydrogen-bond acceptors (Lipinski definition) is 7. The molecule has 0 aliphatic carbocycles. The summed E-state index contributed by atoms with van der Waals surface area (Å²) in [6.45, 7) is 0. The van der Waals surface area contributed by atoms with E-state index in [1.165, 1.54) is 27.7 Å². The zero-order valence-corrected chi connectivity index (χ0v) is 18.7. The molecule has 0 unspecified atom stereocenters. The van der Waals surface area contributed by atoms with E-state index < -0.39 is 0 Å². The maximum atomic E-state index is 12.6. The molecular weight excluding hydrogens is 444 g/mol. The van der Waals surface area contributed by atoms with Gasteiger partial charge in [-0.25, -0.2) is 4.98 Å². The van der Waals surface area contributed by atoms with Gasteiger partial charge in [-0.1, -0.05) is 42.1 Å². The van der Waals surface area contributed by atoms with E-state index in [9.17, 15) is 9.59 Å². The zero-order valence-electron chi connectivity index (χ0n) is 17.1. The molecule has 5 aromatic rings. The van der Waals surface area contributed by atoms with E-state index in [4.69, 9.17) is 0 Å². The SMILES string of the molecule is Cn1c(=O)c2ccccc2n2c(SCc3csc(CC(=O)Nc4ccccc4)n3)nnc12. The molecule has 0 radical (unpaired) electrons. The van der Waals surface area contributed by atoms with Gasteiger partial charge in [0, 0.05) is 23.9 Å². The minimum absolute atomic E-state index is 0.0967. The standard InChI is InChI=1S/C22H18N6O2S2/c1-27-20(30)16-9-5-6-10-17(16)28-21(27)25-26-22(28)32-13-15-12-31-19(24-15)11-18(29)23-14-7-3-2-4-8-14/h2-10,12H,11,13H2,1H3,(H,23,29). The zero-order chi connectivity index (χ0) is 22.1. The normalized spacial score (nSPS) is 11.3. The first-order valence-corrected chi connectivity index (χ1v) is 11.7. The molecule has 0 fully saturated rings. The molecule has 0 aliphatic rings. The lowest BCUT2D eigenvalue weighted by Crippen LogP contribution is -2.20. The molecular formula is C22H18N6O2S2. The molecule has 5 rings (SSSR count). The van der Waals surface area contributed by atoms with E-state index in [0.717, 1.165) is 21.9 Å². The van der Waals surface area contributed by atoms with Crippen molar-refractivity contribution in [1.82, 2.24) is 24.1 Å². The molecule has 2 aromatic carbocycles. The fourth-order valence-electron chi connectivity index (χ4n) is 3.40. The average molecular weight is 463 g/mol. The van der Waals surface area contributed by atoms with Crippen LogP contribution in [0.25, 0.3) is 16.7 Å². The number of anilines is 1. The molecule has 3 aromatic heterocycles. The average Bonchev–Trinajstić information content (AvgIpc) is 3.43. The van der Waals surface area contributed by atoms with Gasteiger partial charge in [-0.15, -0.1) is 21.5 Å². The second-order valence-electron chi connectivity index (χ2n) is 7.11. The fourth-order valence-corrected chi connectivity index (χ4v) is 5.13. The fraction of sp³-hybridized carbons (Fsp3) is 0.136. The molecule has 8 nitrogen and oxygen atoms in total. The van der Waals surface area contributed by atoms with E-state index in [-0.39, 0.29) is 17.9 Å². The van der Waals surface area contributed by atoms with Crippen molar-refractivity contribution in [3.63, 3.8) is 0 Å². The Kier molecular flexibility index (Phi) is 5.46. The molecule has 1 amide bonds. The summed E-state index contributed by atoms with van der Waals surface area (Å²) in [5.74, 6) is 0.975. The van der Waals surface area contributed by atoms with Crippen LogP contribution in [0.1, 0.15) is 10.7 Å². The summed E-state index contributed by atoms with van der Waals surface area (Å²) in [6.07, 6.45) is 0.227. The number of para-hydroxylation sites is 2. The van der Waals surface area contributed by atoms with Gasteiger partial charge >= 0.3 is 0 Å². The number of hydrogen-bond donors (Lipinski definition) is 1. The van der Waals surface area contributed by atoms with Crippen molar-refractivity contribution in [1.29, 1.82) is 0 Å². The molecule has 0 spiro atoms. The van der Waals surface area contributed by atoms with Crippen LogP contribution in [-0.4, -0.2) is 30.1 Å². The molecule has 0 bridgehead atoms. The minimum Gasteiger partial charge on any atom is -0.326 e. The molecule has 1 N–H and O–H groups in total. The van der Waals surface area contributed by atoms with E-state index in [0.29, 0.717) is 22.1 Å². The summed E-state index contributed by atoms with van der Waals surface area (Å²) in [7, 11) is 1.69. The van der Waals surface area contributed by atoms with Crippen molar-refractivity contribution in [3.05, 3.63) is 81.0 Å². The van der Waals surface area contributed by atoms with Crippen LogP contribution < -0.4 is 10.9 Å². The van der Waals surface area contributed by atoms with Gasteiger partial charge in [0.2, 0.25) is 11.7 Å². The van der Waals surface area contributed by atoms with Crippen LogP contribution in [-0.2, 0) is 24.0 Å². The molecule has 0 saturated heterocycles. The van der Waals surface area contributed by atoms with Crippen molar-refractivity contribution >= 4 is 51.4 Å². The second kappa shape index (κ2) is 8.56. The monoisotopic (exact) mass is 462 g/mol. The smallest absolute Gasteiger partial charge is 0.262 e. The van der Waals surface area contributed by atoms with Gasteiger partial charge in [0.15, 0.2) is 5.16 Å². The summed E-state index contributed by atoms with van der Waals surface area (Å²) < 4.78 is 3.40. The summed E-state index contributed by atoms with van der Waals surface area (Å²) in [6, 6.07) is 16.8. The van der Waals surface area contributed by atoms with Crippen molar-refractivity contribution in [2.24, 2.45) is 7.05 Å². The minimum atomic E-state index is -0.102. The first-order chi connectivity index (χ1) is 15.6. The third kappa shape index (κ3) is 3.90. The number of carbonyl (C=O) groups is 1. The van der Waals surface area contributed by atoms with Crippen LogP contribution in [0.2, 0.25) is 0 Å². The Balaban J connectivity index is 1.32. The van der Waals surface area contributed by atoms with E-state index in [1.54, 1.807) is 13.1 Å². The molecule has 160 valence electrons. The third-order valence-corrected chi connectivity index (χ3v) is 6.77. The van der Waals surface area contributed by atoms with E-state index >= 15 is 0 Å². The van der Waals surface area contributed by atoms with Crippen LogP contribution in [0.15, 0.2) is 69.9 Å². The molecule has 0 aliphatic heterocycles. The Hall–Kier alpha value is -3.50. The summed E-state index contributed by atoms with van der Waals surface area (Å²) in [4.78, 5) is 29.4. The molecule has 3 heterocycles. The summed E-state index contributed by atoms with van der Waals surface area (Å²) in [5.41, 5.74) is 2.31. The van der Waals surface area contributed by atoms with Crippen LogP contribution in [0.3, 0.4) is 0 Å². The largest absolute Gasteiger partial charge is 0.326 e. The van der Waals surface area contributed by atoms with E-state index in [1.807, 2.05) is 58.3 Å². The van der Waals surface area contributed by atoms with Gasteiger partial charge in [0.1, 0.15) is 5.01 Å². The first kappa shape index (κ1) is 20.4. The predicted octanol–water partition coefficient (Wildman–Crippen LogP) is 3.51. The Labute approximate surface area is 190 Å². The van der Waals surface area contributed by atoms with Gasteiger partial charge in [-0.2, -0.15) is 0 Å². The van der Waals surface area contributed by atoms with Gasteiger partial charge in [0.25, 0.3) is 5.56 Å².